The van der Waals surface area contributed by atoms with Gasteiger partial charge in [-0.3, -0.25) is 9.89 Å². The van der Waals surface area contributed by atoms with Crippen molar-refractivity contribution in [3.63, 3.8) is 0 Å². The molecule has 5 rings (SSSR count). The van der Waals surface area contributed by atoms with Crippen molar-refractivity contribution in [3.05, 3.63) is 35.1 Å². The number of aryl methyl sites for hydroxylation is 1. The van der Waals surface area contributed by atoms with Crippen LogP contribution in [-0.2, 0) is 17.6 Å². The van der Waals surface area contributed by atoms with Gasteiger partial charge in [-0.2, -0.15) is 5.10 Å². The molecule has 0 saturated carbocycles. The number of thiophene rings is 1. The van der Waals surface area contributed by atoms with Gasteiger partial charge in [0.2, 0.25) is 5.91 Å². The fourth-order valence-corrected chi connectivity index (χ4v) is 6.15. The van der Waals surface area contributed by atoms with Gasteiger partial charge < -0.3 is 15.0 Å². The smallest absolute Gasteiger partial charge is 0.225 e. The summed E-state index contributed by atoms with van der Waals surface area (Å²) in [6.45, 7) is 7.24. The van der Waals surface area contributed by atoms with Crippen LogP contribution in [0, 0.1) is 11.3 Å². The van der Waals surface area contributed by atoms with Crippen LogP contribution in [0.15, 0.2) is 24.7 Å². The van der Waals surface area contributed by atoms with Gasteiger partial charge in [0.05, 0.1) is 29.9 Å². The molecule has 1 amide bonds. The number of anilines is 2. The standard InChI is InChI=1S/C25H30N6O2S/c1-25(2,3)12-31(4)24(32)14-6-7-16-20(9-14)34-23-21(16)22(26-13-27-23)29-18-8-15-11-28-30-17(15)10-19(18)33-5/h8,10-11,13-14H,6-7,9,12H2,1-5H3,(H,28,30)(H,26,27,29)/t14-/m0/s1. The Hall–Kier alpha value is -3.20. The zero-order valence-corrected chi connectivity index (χ0v) is 21.0. The summed E-state index contributed by atoms with van der Waals surface area (Å²) in [6, 6.07) is 3.93. The lowest BCUT2D eigenvalue weighted by Crippen LogP contribution is -2.39. The molecule has 1 aliphatic rings. The third kappa shape index (κ3) is 4.20. The van der Waals surface area contributed by atoms with E-state index < -0.39 is 0 Å². The van der Waals surface area contributed by atoms with Crippen molar-refractivity contribution in [2.45, 2.75) is 40.0 Å². The van der Waals surface area contributed by atoms with Gasteiger partial charge in [0.15, 0.2) is 0 Å². The number of H-pyrrole nitrogens is 1. The Morgan fingerprint density at radius 1 is 1.32 bits per heavy atom. The molecule has 0 radical (unpaired) electrons. The summed E-state index contributed by atoms with van der Waals surface area (Å²) in [6.07, 6.45) is 5.82. The summed E-state index contributed by atoms with van der Waals surface area (Å²) < 4.78 is 5.61. The van der Waals surface area contributed by atoms with Crippen LogP contribution in [0.3, 0.4) is 0 Å². The van der Waals surface area contributed by atoms with Crippen LogP contribution in [0.2, 0.25) is 0 Å². The maximum Gasteiger partial charge on any atom is 0.225 e. The molecule has 1 aromatic carbocycles. The average Bonchev–Trinajstić information content (AvgIpc) is 3.40. The molecule has 178 valence electrons. The number of methoxy groups -OCH3 is 1. The molecule has 0 saturated heterocycles. The van der Waals surface area contributed by atoms with Gasteiger partial charge in [-0.15, -0.1) is 11.3 Å². The van der Waals surface area contributed by atoms with Crippen molar-refractivity contribution in [1.29, 1.82) is 0 Å². The van der Waals surface area contributed by atoms with Crippen molar-refractivity contribution in [2.75, 3.05) is 26.0 Å². The van der Waals surface area contributed by atoms with Crippen LogP contribution in [0.4, 0.5) is 11.5 Å². The number of hydrogen-bond acceptors (Lipinski definition) is 7. The van der Waals surface area contributed by atoms with Gasteiger partial charge in [-0.05, 0) is 36.3 Å². The number of carbonyl (C=O) groups is 1. The number of aromatic nitrogens is 4. The number of amides is 1. The second-order valence-corrected chi connectivity index (χ2v) is 11.3. The summed E-state index contributed by atoms with van der Waals surface area (Å²) in [7, 11) is 3.57. The first-order valence-electron chi connectivity index (χ1n) is 11.5. The van der Waals surface area contributed by atoms with E-state index in [1.54, 1.807) is 31.0 Å². The van der Waals surface area contributed by atoms with Gasteiger partial charge in [0.25, 0.3) is 0 Å². The minimum absolute atomic E-state index is 0.0147. The number of hydrogen-bond donors (Lipinski definition) is 2. The first-order chi connectivity index (χ1) is 16.2. The highest BCUT2D eigenvalue weighted by molar-refractivity contribution is 7.19. The van der Waals surface area contributed by atoms with E-state index in [9.17, 15) is 4.79 Å². The fourth-order valence-electron chi connectivity index (χ4n) is 4.88. The number of ether oxygens (including phenoxy) is 1. The molecule has 2 N–H and O–H groups in total. The highest BCUT2D eigenvalue weighted by Crippen LogP contribution is 2.42. The molecule has 0 spiro atoms. The van der Waals surface area contributed by atoms with Gasteiger partial charge >= 0.3 is 0 Å². The molecule has 0 bridgehead atoms. The topological polar surface area (TPSA) is 96.0 Å². The van der Waals surface area contributed by atoms with E-state index in [1.807, 2.05) is 24.1 Å². The highest BCUT2D eigenvalue weighted by Gasteiger charge is 2.31. The molecular weight excluding hydrogens is 448 g/mol. The van der Waals surface area contributed by atoms with Gasteiger partial charge in [0.1, 0.15) is 22.7 Å². The highest BCUT2D eigenvalue weighted by atomic mass is 32.1. The molecule has 3 aromatic heterocycles. The summed E-state index contributed by atoms with van der Waals surface area (Å²) in [5, 5.41) is 12.6. The van der Waals surface area contributed by atoms with E-state index in [0.29, 0.717) is 5.75 Å². The second-order valence-electron chi connectivity index (χ2n) is 10.2. The monoisotopic (exact) mass is 478 g/mol. The van der Waals surface area contributed by atoms with E-state index in [0.717, 1.165) is 58.4 Å². The molecule has 1 atom stereocenters. The Labute approximate surface area is 202 Å². The van der Waals surface area contributed by atoms with Gasteiger partial charge in [-0.25, -0.2) is 9.97 Å². The van der Waals surface area contributed by atoms with E-state index in [4.69, 9.17) is 4.74 Å². The van der Waals surface area contributed by atoms with Crippen LogP contribution in [-0.4, -0.2) is 51.7 Å². The number of aromatic amines is 1. The maximum atomic E-state index is 13.1. The molecule has 4 aromatic rings. The Morgan fingerprint density at radius 3 is 2.91 bits per heavy atom. The lowest BCUT2D eigenvalue weighted by atomic mass is 9.86. The number of nitrogens with one attached hydrogen (secondary N) is 2. The maximum absolute atomic E-state index is 13.1. The predicted octanol–water partition coefficient (Wildman–Crippen LogP) is 4.93. The molecule has 3 heterocycles. The number of benzene rings is 1. The lowest BCUT2D eigenvalue weighted by Gasteiger charge is -2.31. The van der Waals surface area contributed by atoms with Gasteiger partial charge in [-0.1, -0.05) is 20.8 Å². The van der Waals surface area contributed by atoms with E-state index >= 15 is 0 Å². The molecule has 34 heavy (non-hydrogen) atoms. The lowest BCUT2D eigenvalue weighted by molar-refractivity contribution is -0.135. The largest absolute Gasteiger partial charge is 0.494 e. The quantitative estimate of drug-likeness (QED) is 0.422. The van der Waals surface area contributed by atoms with Crippen molar-refractivity contribution in [3.8, 4) is 5.75 Å². The van der Waals surface area contributed by atoms with Crippen LogP contribution < -0.4 is 10.1 Å². The minimum atomic E-state index is 0.0147. The molecular formula is C25H30N6O2S. The Morgan fingerprint density at radius 2 is 2.15 bits per heavy atom. The molecule has 8 nitrogen and oxygen atoms in total. The third-order valence-corrected chi connectivity index (χ3v) is 7.46. The Balaban J connectivity index is 1.45. The summed E-state index contributed by atoms with van der Waals surface area (Å²) >= 11 is 1.68. The molecule has 0 fully saturated rings. The average molecular weight is 479 g/mol. The molecule has 9 heteroatoms. The number of fused-ring (bicyclic) bond motifs is 4. The number of rotatable bonds is 5. The zero-order valence-electron chi connectivity index (χ0n) is 20.2. The molecule has 0 unspecified atom stereocenters. The van der Waals surface area contributed by atoms with Crippen molar-refractivity contribution < 1.29 is 9.53 Å². The molecule has 0 aliphatic heterocycles. The Kier molecular flexibility index (Phi) is 5.67. The van der Waals surface area contributed by atoms with Crippen LogP contribution in [0.25, 0.3) is 21.1 Å². The van der Waals surface area contributed by atoms with Crippen LogP contribution >= 0.6 is 11.3 Å². The van der Waals surface area contributed by atoms with Crippen molar-refractivity contribution >= 4 is 49.9 Å². The zero-order chi connectivity index (χ0) is 24.0. The number of carbonyl (C=O) groups excluding carboxylic acids is 1. The first-order valence-corrected chi connectivity index (χ1v) is 12.3. The fraction of sp³-hybridized carbons (Fsp3) is 0.440. The predicted molar refractivity (Wildman–Crippen MR) is 136 cm³/mol. The van der Waals surface area contributed by atoms with E-state index in [2.05, 4.69) is 46.3 Å². The second kappa shape index (κ2) is 8.54. The SMILES string of the molecule is COc1cc2[nH]ncc2cc1Nc1ncnc2sc3c(c12)CC[C@H](C(=O)N(C)CC(C)(C)C)C3. The van der Waals surface area contributed by atoms with E-state index in [1.165, 1.54) is 10.4 Å². The Bertz CT molecular complexity index is 1370. The third-order valence-electron chi connectivity index (χ3n) is 6.30. The van der Waals surface area contributed by atoms with Crippen molar-refractivity contribution in [2.24, 2.45) is 11.3 Å². The minimum Gasteiger partial charge on any atom is -0.494 e. The summed E-state index contributed by atoms with van der Waals surface area (Å²) in [5.74, 6) is 1.72. The van der Waals surface area contributed by atoms with Gasteiger partial charge in [0, 0.05) is 35.8 Å². The summed E-state index contributed by atoms with van der Waals surface area (Å²) in [5.41, 5.74) is 3.08. The van der Waals surface area contributed by atoms with Crippen molar-refractivity contribution in [1.82, 2.24) is 25.1 Å². The van der Waals surface area contributed by atoms with Crippen LogP contribution in [0.1, 0.15) is 37.6 Å². The summed E-state index contributed by atoms with van der Waals surface area (Å²) in [4.78, 5) is 26.3. The van der Waals surface area contributed by atoms with Crippen LogP contribution in [0.5, 0.6) is 5.75 Å². The number of nitrogens with zero attached hydrogens (tertiary/aromatic N) is 4. The van der Waals surface area contributed by atoms with E-state index in [-0.39, 0.29) is 17.2 Å². The first kappa shape index (κ1) is 22.6. The molecule has 1 aliphatic carbocycles. The normalized spacial score (nSPS) is 16.0.